The summed E-state index contributed by atoms with van der Waals surface area (Å²) in [6.45, 7) is 8.88. The summed E-state index contributed by atoms with van der Waals surface area (Å²) in [5.41, 5.74) is 2.52. The highest BCUT2D eigenvalue weighted by Gasteiger charge is 2.28. The third-order valence-corrected chi connectivity index (χ3v) is 6.46. The first kappa shape index (κ1) is 16.2. The van der Waals surface area contributed by atoms with Crippen molar-refractivity contribution in [1.82, 2.24) is 0 Å². The summed E-state index contributed by atoms with van der Waals surface area (Å²) in [4.78, 5) is 0. The smallest absolute Gasteiger partial charge is 0.334 e. The summed E-state index contributed by atoms with van der Waals surface area (Å²) < 4.78 is 11.6. The average molecular weight is 278 g/mol. The van der Waals surface area contributed by atoms with E-state index in [9.17, 15) is 0 Å². The van der Waals surface area contributed by atoms with Crippen molar-refractivity contribution >= 4 is 14.6 Å². The molecule has 106 valence electrons. The number of aryl methyl sites for hydroxylation is 1. The first-order valence-corrected chi connectivity index (χ1v) is 9.56. The van der Waals surface area contributed by atoms with Crippen molar-refractivity contribution in [2.75, 3.05) is 13.7 Å². The Morgan fingerprint density at radius 1 is 1.26 bits per heavy atom. The average Bonchev–Trinajstić information content (AvgIpc) is 2.44. The lowest BCUT2D eigenvalue weighted by atomic mass is 10.1. The lowest BCUT2D eigenvalue weighted by Gasteiger charge is -2.24. The molecule has 3 heteroatoms. The van der Waals surface area contributed by atoms with Gasteiger partial charge in [0.25, 0.3) is 0 Å². The summed E-state index contributed by atoms with van der Waals surface area (Å²) in [5.74, 6) is 0. The molecular formula is C16H26O2Si. The molecule has 1 unspecified atom stereocenters. The molecule has 1 atom stereocenters. The third-order valence-electron chi connectivity index (χ3n) is 3.37. The van der Waals surface area contributed by atoms with Crippen molar-refractivity contribution in [1.29, 1.82) is 0 Å². The molecule has 0 radical (unpaired) electrons. The minimum Gasteiger partial charge on any atom is -0.398 e. The van der Waals surface area contributed by atoms with Crippen LogP contribution in [0.15, 0.2) is 30.8 Å². The maximum Gasteiger partial charge on any atom is 0.334 e. The van der Waals surface area contributed by atoms with E-state index in [0.717, 1.165) is 31.9 Å². The Hall–Kier alpha value is -0.903. The molecule has 1 aromatic rings. The third kappa shape index (κ3) is 5.72. The van der Waals surface area contributed by atoms with Crippen molar-refractivity contribution in [2.45, 2.75) is 38.8 Å². The highest BCUT2D eigenvalue weighted by atomic mass is 28.4. The fourth-order valence-corrected chi connectivity index (χ4v) is 4.02. The SMILES string of the molecule is C=Cc1ccc(CCCO[Si](C)(CCC)OC)cc1. The molecule has 0 amide bonds. The first-order chi connectivity index (χ1) is 9.13. The highest BCUT2D eigenvalue weighted by Crippen LogP contribution is 2.15. The predicted octanol–water partition coefficient (Wildman–Crippen LogP) is 4.41. The molecule has 0 heterocycles. The fraction of sp³-hybridized carbons (Fsp3) is 0.500. The van der Waals surface area contributed by atoms with Gasteiger partial charge in [-0.1, -0.05) is 50.3 Å². The summed E-state index contributed by atoms with van der Waals surface area (Å²) in [6.07, 6.45) is 5.09. The fourth-order valence-electron chi connectivity index (χ4n) is 2.07. The number of benzene rings is 1. The molecule has 1 aromatic carbocycles. The molecule has 0 aliphatic rings. The Morgan fingerprint density at radius 3 is 2.47 bits per heavy atom. The Kier molecular flexibility index (Phi) is 7.06. The summed E-state index contributed by atoms with van der Waals surface area (Å²) >= 11 is 0. The van der Waals surface area contributed by atoms with Gasteiger partial charge in [-0.15, -0.1) is 0 Å². The first-order valence-electron chi connectivity index (χ1n) is 7.04. The molecule has 0 aliphatic carbocycles. The van der Waals surface area contributed by atoms with Crippen molar-refractivity contribution in [3.05, 3.63) is 42.0 Å². The van der Waals surface area contributed by atoms with Crippen molar-refractivity contribution in [2.24, 2.45) is 0 Å². The Bertz CT molecular complexity index is 375. The topological polar surface area (TPSA) is 18.5 Å². The number of hydrogen-bond donors (Lipinski definition) is 0. The van der Waals surface area contributed by atoms with E-state index < -0.39 is 8.56 Å². The highest BCUT2D eigenvalue weighted by molar-refractivity contribution is 6.65. The minimum atomic E-state index is -1.89. The van der Waals surface area contributed by atoms with Gasteiger partial charge >= 0.3 is 8.56 Å². The van der Waals surface area contributed by atoms with Gasteiger partial charge in [0.15, 0.2) is 0 Å². The van der Waals surface area contributed by atoms with Crippen LogP contribution in [-0.4, -0.2) is 22.3 Å². The van der Waals surface area contributed by atoms with E-state index in [4.69, 9.17) is 8.85 Å². The van der Waals surface area contributed by atoms with Crippen molar-refractivity contribution in [3.8, 4) is 0 Å². The van der Waals surface area contributed by atoms with Crippen LogP contribution in [-0.2, 0) is 15.3 Å². The zero-order chi connectivity index (χ0) is 14.1. The predicted molar refractivity (Wildman–Crippen MR) is 84.5 cm³/mol. The largest absolute Gasteiger partial charge is 0.398 e. The van der Waals surface area contributed by atoms with E-state index in [1.165, 1.54) is 11.1 Å². The van der Waals surface area contributed by atoms with Crippen molar-refractivity contribution < 1.29 is 8.85 Å². The molecule has 19 heavy (non-hydrogen) atoms. The molecule has 0 N–H and O–H groups in total. The molecule has 2 nitrogen and oxygen atoms in total. The second-order valence-electron chi connectivity index (χ2n) is 4.99. The van der Waals surface area contributed by atoms with E-state index in [2.05, 4.69) is 44.3 Å². The molecule has 0 bridgehead atoms. The molecule has 0 spiro atoms. The maximum absolute atomic E-state index is 5.99. The van der Waals surface area contributed by atoms with Crippen LogP contribution < -0.4 is 0 Å². The van der Waals surface area contributed by atoms with Crippen LogP contribution in [0, 0.1) is 0 Å². The zero-order valence-corrected chi connectivity index (χ0v) is 13.4. The number of hydrogen-bond acceptors (Lipinski definition) is 2. The summed E-state index contributed by atoms with van der Waals surface area (Å²) in [7, 11) is -0.116. The van der Waals surface area contributed by atoms with Gasteiger partial charge in [0.05, 0.1) is 0 Å². The zero-order valence-electron chi connectivity index (χ0n) is 12.4. The van der Waals surface area contributed by atoms with E-state index in [1.54, 1.807) is 7.11 Å². The molecular weight excluding hydrogens is 252 g/mol. The quantitative estimate of drug-likeness (QED) is 0.492. The van der Waals surface area contributed by atoms with Crippen LogP contribution >= 0.6 is 0 Å². The standard InChI is InChI=1S/C16H26O2Si/c1-5-14-19(4,17-3)18-13-7-8-16-11-9-15(6-2)10-12-16/h6,9-12H,2,5,7-8,13-14H2,1,3-4H3. The monoisotopic (exact) mass is 278 g/mol. The normalized spacial score (nSPS) is 14.1. The second-order valence-corrected chi connectivity index (χ2v) is 8.45. The van der Waals surface area contributed by atoms with Crippen LogP contribution in [0.2, 0.25) is 12.6 Å². The Morgan fingerprint density at radius 2 is 1.95 bits per heavy atom. The lowest BCUT2D eigenvalue weighted by molar-refractivity contribution is 0.201. The van der Waals surface area contributed by atoms with Gasteiger partial charge in [-0.2, -0.15) is 0 Å². The molecule has 0 saturated carbocycles. The van der Waals surface area contributed by atoms with Gasteiger partial charge in [0.1, 0.15) is 0 Å². The van der Waals surface area contributed by atoms with Gasteiger partial charge in [0, 0.05) is 13.7 Å². The van der Waals surface area contributed by atoms with Gasteiger partial charge in [-0.3, -0.25) is 0 Å². The molecule has 0 aromatic heterocycles. The second kappa shape index (κ2) is 8.30. The Balaban J connectivity index is 2.31. The summed E-state index contributed by atoms with van der Waals surface area (Å²) in [6, 6.07) is 9.60. The van der Waals surface area contributed by atoms with Gasteiger partial charge < -0.3 is 8.85 Å². The van der Waals surface area contributed by atoms with E-state index >= 15 is 0 Å². The van der Waals surface area contributed by atoms with Crippen LogP contribution in [0.25, 0.3) is 6.08 Å². The van der Waals surface area contributed by atoms with Crippen LogP contribution in [0.5, 0.6) is 0 Å². The maximum atomic E-state index is 5.99. The molecule has 0 aliphatic heterocycles. The van der Waals surface area contributed by atoms with E-state index in [0.29, 0.717) is 0 Å². The molecule has 0 fully saturated rings. The number of rotatable bonds is 9. The Labute approximate surface area is 118 Å². The van der Waals surface area contributed by atoms with Crippen LogP contribution in [0.1, 0.15) is 30.9 Å². The van der Waals surface area contributed by atoms with Crippen molar-refractivity contribution in [3.63, 3.8) is 0 Å². The minimum absolute atomic E-state index is 0.791. The van der Waals surface area contributed by atoms with E-state index in [-0.39, 0.29) is 0 Å². The lowest BCUT2D eigenvalue weighted by Crippen LogP contribution is -2.37. The van der Waals surface area contributed by atoms with E-state index in [1.807, 2.05) is 6.08 Å². The summed E-state index contributed by atoms with van der Waals surface area (Å²) in [5, 5.41) is 0. The van der Waals surface area contributed by atoms with Gasteiger partial charge in [0.2, 0.25) is 0 Å². The van der Waals surface area contributed by atoms with Crippen LogP contribution in [0.3, 0.4) is 0 Å². The molecule has 1 rings (SSSR count). The van der Waals surface area contributed by atoms with Gasteiger partial charge in [-0.05, 0) is 36.6 Å². The van der Waals surface area contributed by atoms with Gasteiger partial charge in [-0.25, -0.2) is 0 Å². The van der Waals surface area contributed by atoms with Crippen LogP contribution in [0.4, 0.5) is 0 Å². The molecule has 0 saturated heterocycles.